The van der Waals surface area contributed by atoms with E-state index in [2.05, 4.69) is 0 Å². The van der Waals surface area contributed by atoms with Crippen LogP contribution in [-0.2, 0) is 4.79 Å². The van der Waals surface area contributed by atoms with E-state index < -0.39 is 12.1 Å². The first-order chi connectivity index (χ1) is 7.61. The fraction of sp³-hybridized carbons (Fsp3) is 0.0833. The van der Waals surface area contributed by atoms with Crippen molar-refractivity contribution in [3.05, 3.63) is 42.0 Å². The molecule has 4 nitrogen and oxygen atoms in total. The van der Waals surface area contributed by atoms with Crippen LogP contribution < -0.4 is 5.11 Å². The molecule has 2 aromatic carbocycles. The molecule has 4 heteroatoms. The fourth-order valence-corrected chi connectivity index (χ4v) is 1.69. The van der Waals surface area contributed by atoms with E-state index in [4.69, 9.17) is 0 Å². The molecule has 0 heterocycles. The second-order valence-electron chi connectivity index (χ2n) is 3.44. The van der Waals surface area contributed by atoms with Crippen LogP contribution in [0, 0.1) is 0 Å². The lowest BCUT2D eigenvalue weighted by Gasteiger charge is -2.16. The first-order valence-electron chi connectivity index (χ1n) is 4.71. The third kappa shape index (κ3) is 1.59. The van der Waals surface area contributed by atoms with E-state index in [1.54, 1.807) is 30.3 Å². The lowest BCUT2D eigenvalue weighted by molar-refractivity contribution is -0.315. The Labute approximate surface area is 91.4 Å². The van der Waals surface area contributed by atoms with Crippen LogP contribution in [0.1, 0.15) is 11.7 Å². The van der Waals surface area contributed by atoms with Gasteiger partial charge in [0.25, 0.3) is 0 Å². The van der Waals surface area contributed by atoms with Gasteiger partial charge in [-0.15, -0.1) is 0 Å². The van der Waals surface area contributed by atoms with Crippen LogP contribution in [0.5, 0.6) is 5.75 Å². The smallest absolute Gasteiger partial charge is 0.123 e. The van der Waals surface area contributed by atoms with Gasteiger partial charge >= 0.3 is 0 Å². The average molecular weight is 217 g/mol. The maximum atomic E-state index is 10.6. The molecule has 1 atom stereocenters. The number of aliphatic hydroxyl groups is 1. The predicted octanol–water partition coefficient (Wildman–Crippen LogP) is 0.329. The molecule has 0 unspecified atom stereocenters. The zero-order valence-corrected chi connectivity index (χ0v) is 8.25. The van der Waals surface area contributed by atoms with Gasteiger partial charge in [-0.1, -0.05) is 30.3 Å². The molecule has 2 aromatic rings. The van der Waals surface area contributed by atoms with Crippen LogP contribution in [0.2, 0.25) is 0 Å². The number of carboxylic acid groups (broad SMARTS) is 1. The molecular formula is C12H9O4-. The third-order valence-corrected chi connectivity index (χ3v) is 2.44. The highest BCUT2D eigenvalue weighted by Crippen LogP contribution is 2.31. The lowest BCUT2D eigenvalue weighted by atomic mass is 9.99. The van der Waals surface area contributed by atoms with Crippen molar-refractivity contribution in [1.82, 2.24) is 0 Å². The van der Waals surface area contributed by atoms with Crippen molar-refractivity contribution in [2.45, 2.75) is 6.10 Å². The SMILES string of the molecule is O=C([O-])[C@@H](O)c1c(O)ccc2ccccc12. The number of aliphatic carboxylic acids is 1. The van der Waals surface area contributed by atoms with Crippen molar-refractivity contribution in [3.8, 4) is 5.75 Å². The summed E-state index contributed by atoms with van der Waals surface area (Å²) in [4.78, 5) is 10.6. The maximum Gasteiger partial charge on any atom is 0.123 e. The summed E-state index contributed by atoms with van der Waals surface area (Å²) < 4.78 is 0. The molecule has 0 amide bonds. The van der Waals surface area contributed by atoms with Crippen LogP contribution in [0.3, 0.4) is 0 Å². The van der Waals surface area contributed by atoms with Crippen molar-refractivity contribution in [2.24, 2.45) is 0 Å². The molecule has 0 spiro atoms. The number of carboxylic acids is 1. The lowest BCUT2D eigenvalue weighted by Crippen LogP contribution is -2.29. The van der Waals surface area contributed by atoms with E-state index in [0.29, 0.717) is 5.39 Å². The van der Waals surface area contributed by atoms with Gasteiger partial charge in [0.15, 0.2) is 0 Å². The fourth-order valence-electron chi connectivity index (χ4n) is 1.69. The average Bonchev–Trinajstić information content (AvgIpc) is 2.28. The second-order valence-corrected chi connectivity index (χ2v) is 3.44. The summed E-state index contributed by atoms with van der Waals surface area (Å²) >= 11 is 0. The Bertz CT molecular complexity index is 548. The summed E-state index contributed by atoms with van der Waals surface area (Å²) in [6.07, 6.45) is -1.83. The zero-order valence-electron chi connectivity index (χ0n) is 8.25. The molecule has 0 fully saturated rings. The van der Waals surface area contributed by atoms with Crippen LogP contribution >= 0.6 is 0 Å². The van der Waals surface area contributed by atoms with Gasteiger partial charge < -0.3 is 20.1 Å². The van der Waals surface area contributed by atoms with E-state index >= 15 is 0 Å². The number of fused-ring (bicyclic) bond motifs is 1. The number of carbonyl (C=O) groups excluding carboxylic acids is 1. The van der Waals surface area contributed by atoms with Crippen molar-refractivity contribution < 1.29 is 20.1 Å². The zero-order chi connectivity index (χ0) is 11.7. The Morgan fingerprint density at radius 1 is 1.19 bits per heavy atom. The highest BCUT2D eigenvalue weighted by molar-refractivity contribution is 5.91. The molecular weight excluding hydrogens is 208 g/mol. The van der Waals surface area contributed by atoms with Gasteiger partial charge in [0, 0.05) is 5.56 Å². The second kappa shape index (κ2) is 3.83. The molecule has 0 aliphatic heterocycles. The number of phenols is 1. The monoisotopic (exact) mass is 217 g/mol. The number of carbonyl (C=O) groups is 1. The van der Waals surface area contributed by atoms with Gasteiger partial charge in [-0.25, -0.2) is 0 Å². The Kier molecular flexibility index (Phi) is 2.50. The minimum Gasteiger partial charge on any atom is -0.547 e. The van der Waals surface area contributed by atoms with E-state index in [1.807, 2.05) is 0 Å². The van der Waals surface area contributed by atoms with Crippen molar-refractivity contribution in [3.63, 3.8) is 0 Å². The normalized spacial score (nSPS) is 12.6. The summed E-state index contributed by atoms with van der Waals surface area (Å²) in [5.74, 6) is -1.89. The largest absolute Gasteiger partial charge is 0.547 e. The van der Waals surface area contributed by atoms with Gasteiger partial charge in [0.1, 0.15) is 11.9 Å². The number of rotatable bonds is 2. The molecule has 2 rings (SSSR count). The first kappa shape index (κ1) is 10.4. The summed E-state index contributed by atoms with van der Waals surface area (Å²) in [6.45, 7) is 0. The quantitative estimate of drug-likeness (QED) is 0.759. The molecule has 0 saturated heterocycles. The van der Waals surface area contributed by atoms with Crippen molar-refractivity contribution >= 4 is 16.7 Å². The summed E-state index contributed by atoms with van der Waals surface area (Å²) in [5, 5.41) is 30.9. The Morgan fingerprint density at radius 3 is 2.56 bits per heavy atom. The Hall–Kier alpha value is -2.07. The van der Waals surface area contributed by atoms with Crippen LogP contribution in [0.15, 0.2) is 36.4 Å². The summed E-state index contributed by atoms with van der Waals surface area (Å²) in [7, 11) is 0. The van der Waals surface area contributed by atoms with Gasteiger partial charge in [0.05, 0.1) is 5.97 Å². The number of hydrogen-bond donors (Lipinski definition) is 2. The van der Waals surface area contributed by atoms with Crippen molar-refractivity contribution in [1.29, 1.82) is 0 Å². The van der Waals surface area contributed by atoms with Gasteiger partial charge in [0.2, 0.25) is 0 Å². The molecule has 16 heavy (non-hydrogen) atoms. The predicted molar refractivity (Wildman–Crippen MR) is 55.6 cm³/mol. The Balaban J connectivity index is 2.75. The van der Waals surface area contributed by atoms with E-state index in [-0.39, 0.29) is 11.3 Å². The topological polar surface area (TPSA) is 80.6 Å². The third-order valence-electron chi connectivity index (χ3n) is 2.44. The minimum atomic E-state index is -1.83. The van der Waals surface area contributed by atoms with E-state index in [9.17, 15) is 20.1 Å². The Morgan fingerprint density at radius 2 is 1.88 bits per heavy atom. The highest BCUT2D eigenvalue weighted by atomic mass is 16.4. The molecule has 0 bridgehead atoms. The van der Waals surface area contributed by atoms with Crippen LogP contribution in [0.4, 0.5) is 0 Å². The van der Waals surface area contributed by atoms with Gasteiger partial charge in [-0.2, -0.15) is 0 Å². The number of aromatic hydroxyl groups is 1. The number of hydrogen-bond acceptors (Lipinski definition) is 4. The molecule has 0 aromatic heterocycles. The molecule has 0 saturated carbocycles. The summed E-state index contributed by atoms with van der Waals surface area (Å²) in [5.41, 5.74) is -0.0295. The van der Waals surface area contributed by atoms with Crippen molar-refractivity contribution in [2.75, 3.05) is 0 Å². The van der Waals surface area contributed by atoms with E-state index in [1.165, 1.54) is 6.07 Å². The molecule has 0 aliphatic carbocycles. The summed E-state index contributed by atoms with van der Waals surface area (Å²) in [6, 6.07) is 9.89. The highest BCUT2D eigenvalue weighted by Gasteiger charge is 2.16. The van der Waals surface area contributed by atoms with Crippen LogP contribution in [-0.4, -0.2) is 16.2 Å². The number of phenolic OH excluding ortho intramolecular Hbond substituents is 1. The van der Waals surface area contributed by atoms with E-state index in [0.717, 1.165) is 5.39 Å². The molecule has 0 radical (unpaired) electrons. The molecule has 2 N–H and O–H groups in total. The maximum absolute atomic E-state index is 10.6. The molecule has 82 valence electrons. The number of aliphatic hydroxyl groups excluding tert-OH is 1. The minimum absolute atomic E-state index is 0.0295. The van der Waals surface area contributed by atoms with Crippen LogP contribution in [0.25, 0.3) is 10.8 Å². The van der Waals surface area contributed by atoms with Gasteiger partial charge in [-0.05, 0) is 16.8 Å². The standard InChI is InChI=1S/C12H10O4/c13-9-6-5-7-3-1-2-4-8(7)10(9)11(14)12(15)16/h1-6,11,13-14H,(H,15,16)/p-1/t11-/m0/s1. The number of benzene rings is 2. The molecule has 0 aliphatic rings. The first-order valence-corrected chi connectivity index (χ1v) is 4.71. The van der Waals surface area contributed by atoms with Gasteiger partial charge in [-0.3, -0.25) is 0 Å².